The highest BCUT2D eigenvalue weighted by Crippen LogP contribution is 2.48. The quantitative estimate of drug-likeness (QED) is 0.551. The molecule has 1 aromatic rings. The van der Waals surface area contributed by atoms with E-state index in [1.807, 2.05) is 6.08 Å². The van der Waals surface area contributed by atoms with Crippen molar-refractivity contribution >= 4 is 5.57 Å². The molecular weight excluding hydrogens is 340 g/mol. The van der Waals surface area contributed by atoms with Gasteiger partial charge in [-0.25, -0.2) is 0 Å². The first kappa shape index (κ1) is 21.1. The fourth-order valence-corrected chi connectivity index (χ4v) is 4.91. The number of allylic oxidation sites excluding steroid dienone is 5. The van der Waals surface area contributed by atoms with Crippen LogP contribution in [0.25, 0.3) is 5.57 Å². The summed E-state index contributed by atoms with van der Waals surface area (Å²) in [6, 6.07) is 5.03. The molecule has 0 fully saturated rings. The third-order valence-electron chi connectivity index (χ3n) is 6.99. The molecule has 1 N–H and O–H groups in total. The molecule has 0 bridgehead atoms. The molecule has 0 aliphatic heterocycles. The largest absolute Gasteiger partial charge is 0.392 e. The molecule has 0 atom stereocenters. The molecule has 1 nitrogen and oxygen atoms in total. The number of aryl methyl sites for hydroxylation is 1. The molecule has 2 aliphatic carbocycles. The van der Waals surface area contributed by atoms with Gasteiger partial charge in [0, 0.05) is 0 Å². The zero-order valence-corrected chi connectivity index (χ0v) is 18.8. The number of benzene rings is 1. The molecule has 0 saturated heterocycles. The topological polar surface area (TPSA) is 20.2 Å². The Bertz CT molecular complexity index is 830. The van der Waals surface area contributed by atoms with Crippen LogP contribution in [0.5, 0.6) is 0 Å². The predicted octanol–water partition coefficient (Wildman–Crippen LogP) is 7.17. The van der Waals surface area contributed by atoms with Gasteiger partial charge in [0.2, 0.25) is 0 Å². The van der Waals surface area contributed by atoms with E-state index in [9.17, 15) is 0 Å². The molecule has 0 amide bonds. The minimum Gasteiger partial charge on any atom is -0.392 e. The Morgan fingerprint density at radius 2 is 1.61 bits per heavy atom. The number of hydrogen-bond donors (Lipinski definition) is 1. The maximum absolute atomic E-state index is 9.12. The summed E-state index contributed by atoms with van der Waals surface area (Å²) in [5, 5.41) is 9.12. The second kappa shape index (κ2) is 8.03. The zero-order chi connectivity index (χ0) is 20.5. The minimum absolute atomic E-state index is 0.108. The van der Waals surface area contributed by atoms with Gasteiger partial charge in [-0.2, -0.15) is 0 Å². The van der Waals surface area contributed by atoms with Crippen LogP contribution in [-0.4, -0.2) is 11.7 Å². The first-order chi connectivity index (χ1) is 13.2. The molecule has 2 aliphatic rings. The summed E-state index contributed by atoms with van der Waals surface area (Å²) in [5.41, 5.74) is 10.7. The van der Waals surface area contributed by atoms with Crippen molar-refractivity contribution in [3.8, 4) is 0 Å². The lowest BCUT2D eigenvalue weighted by atomic mass is 9.62. The first-order valence-electron chi connectivity index (χ1n) is 11.0. The van der Waals surface area contributed by atoms with Crippen molar-refractivity contribution in [2.75, 3.05) is 6.61 Å². The van der Waals surface area contributed by atoms with Crippen LogP contribution in [0.1, 0.15) is 95.4 Å². The normalized spacial score (nSPS) is 21.9. The van der Waals surface area contributed by atoms with E-state index >= 15 is 0 Å². The highest BCUT2D eigenvalue weighted by Gasteiger charge is 2.37. The van der Waals surface area contributed by atoms with Crippen molar-refractivity contribution in [3.63, 3.8) is 0 Å². The van der Waals surface area contributed by atoms with E-state index in [1.54, 1.807) is 16.7 Å². The van der Waals surface area contributed by atoms with Crippen LogP contribution < -0.4 is 0 Å². The van der Waals surface area contributed by atoms with Gasteiger partial charge < -0.3 is 5.11 Å². The lowest BCUT2D eigenvalue weighted by molar-refractivity contribution is 0.331. The SMILES string of the molecule is CC(C=CC1=C(c2cc3c(cc2C)C(C)(C)CCC3(C)C)CCCC1)=CCO. The molecule has 1 aromatic carbocycles. The van der Waals surface area contributed by atoms with Crippen molar-refractivity contribution < 1.29 is 5.11 Å². The summed E-state index contributed by atoms with van der Waals surface area (Å²) in [7, 11) is 0. The van der Waals surface area contributed by atoms with E-state index < -0.39 is 0 Å². The second-order valence-corrected chi connectivity index (χ2v) is 10.2. The maximum Gasteiger partial charge on any atom is 0.0617 e. The highest BCUT2D eigenvalue weighted by atomic mass is 16.2. The monoisotopic (exact) mass is 378 g/mol. The third kappa shape index (κ3) is 4.20. The van der Waals surface area contributed by atoms with Crippen LogP contribution in [0.2, 0.25) is 0 Å². The average Bonchev–Trinajstić information content (AvgIpc) is 2.64. The van der Waals surface area contributed by atoms with E-state index in [0.717, 1.165) is 12.0 Å². The van der Waals surface area contributed by atoms with Crippen molar-refractivity contribution in [3.05, 3.63) is 63.8 Å². The van der Waals surface area contributed by atoms with E-state index in [0.29, 0.717) is 0 Å². The molecule has 0 spiro atoms. The Balaban J connectivity index is 2.12. The fourth-order valence-electron chi connectivity index (χ4n) is 4.91. The zero-order valence-electron chi connectivity index (χ0n) is 18.8. The molecule has 28 heavy (non-hydrogen) atoms. The predicted molar refractivity (Wildman–Crippen MR) is 122 cm³/mol. The van der Waals surface area contributed by atoms with Crippen LogP contribution in [0.4, 0.5) is 0 Å². The summed E-state index contributed by atoms with van der Waals surface area (Å²) in [5.74, 6) is 0. The molecule has 1 heteroatoms. The summed E-state index contributed by atoms with van der Waals surface area (Å²) in [6.07, 6.45) is 13.7. The number of fused-ring (bicyclic) bond motifs is 1. The van der Waals surface area contributed by atoms with Crippen molar-refractivity contribution in [1.82, 2.24) is 0 Å². The summed E-state index contributed by atoms with van der Waals surface area (Å²) < 4.78 is 0. The molecule has 0 saturated carbocycles. The van der Waals surface area contributed by atoms with E-state index in [1.165, 1.54) is 48.8 Å². The van der Waals surface area contributed by atoms with Gasteiger partial charge in [-0.1, -0.05) is 63.6 Å². The van der Waals surface area contributed by atoms with Gasteiger partial charge in [0.15, 0.2) is 0 Å². The Labute approximate surface area is 172 Å². The smallest absolute Gasteiger partial charge is 0.0617 e. The number of aliphatic hydroxyl groups excluding tert-OH is 1. The molecule has 0 unspecified atom stereocenters. The molecule has 0 aromatic heterocycles. The third-order valence-corrected chi connectivity index (χ3v) is 6.99. The molecule has 0 radical (unpaired) electrons. The summed E-state index contributed by atoms with van der Waals surface area (Å²) >= 11 is 0. The van der Waals surface area contributed by atoms with Crippen molar-refractivity contribution in [2.24, 2.45) is 0 Å². The van der Waals surface area contributed by atoms with Gasteiger partial charge >= 0.3 is 0 Å². The molecular formula is C27H38O. The number of aliphatic hydroxyl groups is 1. The van der Waals surface area contributed by atoms with Crippen LogP contribution in [-0.2, 0) is 10.8 Å². The first-order valence-corrected chi connectivity index (χ1v) is 11.0. The molecule has 3 rings (SSSR count). The Kier molecular flexibility index (Phi) is 6.05. The number of rotatable bonds is 4. The van der Waals surface area contributed by atoms with E-state index in [-0.39, 0.29) is 17.4 Å². The summed E-state index contributed by atoms with van der Waals surface area (Å²) in [4.78, 5) is 0. The molecule has 152 valence electrons. The van der Waals surface area contributed by atoms with Gasteiger partial charge in [0.25, 0.3) is 0 Å². The van der Waals surface area contributed by atoms with Crippen LogP contribution in [0, 0.1) is 6.92 Å². The lowest BCUT2D eigenvalue weighted by Crippen LogP contribution is -2.34. The standard InChI is InChI=1S/C27H38O/c1-19(13-16-28)11-12-21-9-7-8-10-22(21)23-18-25-24(17-20(23)2)26(3,4)14-15-27(25,5)6/h11-13,17-18,28H,7-10,14-16H2,1-6H3. The number of hydrogen-bond acceptors (Lipinski definition) is 1. The van der Waals surface area contributed by atoms with E-state index in [2.05, 4.69) is 65.8 Å². The van der Waals surface area contributed by atoms with Crippen LogP contribution in [0.3, 0.4) is 0 Å². The minimum atomic E-state index is 0.108. The Hall–Kier alpha value is -1.60. The van der Waals surface area contributed by atoms with Crippen molar-refractivity contribution in [2.45, 2.75) is 90.9 Å². The molecule has 0 heterocycles. The second-order valence-electron chi connectivity index (χ2n) is 10.2. The van der Waals surface area contributed by atoms with Crippen LogP contribution >= 0.6 is 0 Å². The van der Waals surface area contributed by atoms with Gasteiger partial charge in [-0.05, 0) is 96.6 Å². The van der Waals surface area contributed by atoms with Gasteiger partial charge in [0.05, 0.1) is 6.61 Å². The Morgan fingerprint density at radius 1 is 1.00 bits per heavy atom. The van der Waals surface area contributed by atoms with Gasteiger partial charge in [-0.3, -0.25) is 0 Å². The van der Waals surface area contributed by atoms with Crippen molar-refractivity contribution in [1.29, 1.82) is 0 Å². The van der Waals surface area contributed by atoms with Gasteiger partial charge in [-0.15, -0.1) is 0 Å². The van der Waals surface area contributed by atoms with Gasteiger partial charge in [0.1, 0.15) is 0 Å². The maximum atomic E-state index is 9.12. The Morgan fingerprint density at radius 3 is 2.25 bits per heavy atom. The fraction of sp³-hybridized carbons (Fsp3) is 0.556. The van der Waals surface area contributed by atoms with Crippen LogP contribution in [0.15, 0.2) is 41.5 Å². The summed E-state index contributed by atoms with van der Waals surface area (Å²) in [6.45, 7) is 14.1. The average molecular weight is 379 g/mol. The highest BCUT2D eigenvalue weighted by molar-refractivity contribution is 5.75. The van der Waals surface area contributed by atoms with E-state index in [4.69, 9.17) is 5.11 Å². The lowest BCUT2D eigenvalue weighted by Gasteiger charge is -2.42.